The number of hydrogen-bond acceptors (Lipinski definition) is 7. The van der Waals surface area contributed by atoms with Crippen molar-refractivity contribution in [3.8, 4) is 0 Å². The lowest BCUT2D eigenvalue weighted by atomic mass is 10.1. The first-order valence-electron chi connectivity index (χ1n) is 10.1. The van der Waals surface area contributed by atoms with Crippen LogP contribution in [0.15, 0.2) is 56.7 Å². The lowest BCUT2D eigenvalue weighted by molar-refractivity contribution is 0.311. The summed E-state index contributed by atoms with van der Waals surface area (Å²) in [5, 5.41) is 16.1. The minimum absolute atomic E-state index is 0.0531. The van der Waals surface area contributed by atoms with Gasteiger partial charge in [-0.2, -0.15) is 8.42 Å². The Kier molecular flexibility index (Phi) is 5.75. The Morgan fingerprint density at radius 2 is 2.00 bits per heavy atom. The summed E-state index contributed by atoms with van der Waals surface area (Å²) >= 11 is 0. The van der Waals surface area contributed by atoms with Crippen molar-refractivity contribution < 1.29 is 13.5 Å². The van der Waals surface area contributed by atoms with E-state index in [-0.39, 0.29) is 29.4 Å². The SMILES string of the molecule is CCCCn1c(=O)c(C2=NS(=O)(=O)c3ccccc3N2)c(NCCO)c2cccnc21. The molecule has 3 heterocycles. The van der Waals surface area contributed by atoms with Crippen LogP contribution < -0.4 is 16.2 Å². The van der Waals surface area contributed by atoms with Crippen molar-refractivity contribution >= 4 is 38.3 Å². The predicted molar refractivity (Wildman–Crippen MR) is 120 cm³/mol. The van der Waals surface area contributed by atoms with Crippen LogP contribution in [0.3, 0.4) is 0 Å². The van der Waals surface area contributed by atoms with E-state index in [0.29, 0.717) is 29.0 Å². The summed E-state index contributed by atoms with van der Waals surface area (Å²) in [6, 6.07) is 9.96. The Bertz CT molecular complexity index is 1330. The normalized spacial score (nSPS) is 14.6. The minimum Gasteiger partial charge on any atom is -0.395 e. The Balaban J connectivity index is 2.02. The summed E-state index contributed by atoms with van der Waals surface area (Å²) in [6.45, 7) is 2.47. The van der Waals surface area contributed by atoms with E-state index >= 15 is 0 Å². The van der Waals surface area contributed by atoms with Gasteiger partial charge >= 0.3 is 0 Å². The number of benzene rings is 1. The number of para-hydroxylation sites is 1. The van der Waals surface area contributed by atoms with Gasteiger partial charge in [-0.1, -0.05) is 25.5 Å². The van der Waals surface area contributed by atoms with Crippen molar-refractivity contribution in [2.75, 3.05) is 23.8 Å². The summed E-state index contributed by atoms with van der Waals surface area (Å²) in [4.78, 5) is 18.0. The molecule has 0 unspecified atom stereocenters. The number of aromatic nitrogens is 2. The smallest absolute Gasteiger partial charge is 0.286 e. The zero-order valence-corrected chi connectivity index (χ0v) is 17.8. The van der Waals surface area contributed by atoms with Gasteiger partial charge in [-0.3, -0.25) is 9.36 Å². The lowest BCUT2D eigenvalue weighted by Crippen LogP contribution is -2.34. The van der Waals surface area contributed by atoms with E-state index in [1.54, 1.807) is 41.1 Å². The zero-order valence-electron chi connectivity index (χ0n) is 17.0. The number of hydrogen-bond donors (Lipinski definition) is 3. The predicted octanol–water partition coefficient (Wildman–Crippen LogP) is 2.16. The standard InChI is InChI=1S/C21H23N5O4S/c1-2-3-12-26-20-14(7-6-10-23-20)18(22-11-13-27)17(21(26)28)19-24-15-8-4-5-9-16(15)31(29,30)25-19/h4-10,22,27H,2-3,11-13H2,1H3,(H,24,25). The highest BCUT2D eigenvalue weighted by atomic mass is 32.2. The molecule has 0 radical (unpaired) electrons. The second kappa shape index (κ2) is 8.48. The molecule has 1 aliphatic rings. The fourth-order valence-electron chi connectivity index (χ4n) is 3.61. The van der Waals surface area contributed by atoms with Crippen LogP contribution in [0.25, 0.3) is 11.0 Å². The van der Waals surface area contributed by atoms with Crippen LogP contribution in [0.1, 0.15) is 25.3 Å². The van der Waals surface area contributed by atoms with Gasteiger partial charge in [0.05, 0.1) is 18.0 Å². The average Bonchev–Trinajstić information content (AvgIpc) is 2.76. The van der Waals surface area contributed by atoms with Gasteiger partial charge in [-0.05, 0) is 30.7 Å². The highest BCUT2D eigenvalue weighted by Gasteiger charge is 2.29. The lowest BCUT2D eigenvalue weighted by Gasteiger charge is -2.22. The Labute approximate surface area is 179 Å². The van der Waals surface area contributed by atoms with E-state index in [9.17, 15) is 18.3 Å². The maximum absolute atomic E-state index is 13.6. The largest absolute Gasteiger partial charge is 0.395 e. The van der Waals surface area contributed by atoms with Crippen LogP contribution >= 0.6 is 0 Å². The number of aryl methyl sites for hydroxylation is 1. The number of nitrogens with one attached hydrogen (secondary N) is 2. The van der Waals surface area contributed by atoms with Crippen LogP contribution in [0.2, 0.25) is 0 Å². The van der Waals surface area contributed by atoms with E-state index < -0.39 is 15.6 Å². The van der Waals surface area contributed by atoms with E-state index in [4.69, 9.17) is 0 Å². The third-order valence-electron chi connectivity index (χ3n) is 5.04. The second-order valence-electron chi connectivity index (χ2n) is 7.12. The number of unbranched alkanes of at least 4 members (excludes halogenated alkanes) is 1. The summed E-state index contributed by atoms with van der Waals surface area (Å²) < 4.78 is 31.1. The van der Waals surface area contributed by atoms with Crippen LogP contribution in [0.5, 0.6) is 0 Å². The van der Waals surface area contributed by atoms with Gasteiger partial charge in [0.15, 0.2) is 5.84 Å². The minimum atomic E-state index is -3.99. The van der Waals surface area contributed by atoms with Crippen LogP contribution in [0.4, 0.5) is 11.4 Å². The molecule has 0 bridgehead atoms. The molecule has 10 heteroatoms. The van der Waals surface area contributed by atoms with Gasteiger partial charge in [0, 0.05) is 24.7 Å². The van der Waals surface area contributed by atoms with Gasteiger partial charge in [-0.25, -0.2) is 4.98 Å². The molecule has 1 aromatic carbocycles. The molecule has 2 aromatic heterocycles. The number of sulfonamides is 1. The molecule has 0 atom stereocenters. The first-order chi connectivity index (χ1) is 15.0. The summed E-state index contributed by atoms with van der Waals surface area (Å²) in [5.41, 5.74) is 0.927. The molecule has 0 saturated heterocycles. The highest BCUT2D eigenvalue weighted by Crippen LogP contribution is 2.31. The Hall–Kier alpha value is -3.24. The van der Waals surface area contributed by atoms with Gasteiger partial charge in [0.2, 0.25) is 0 Å². The number of rotatable bonds is 7. The molecule has 31 heavy (non-hydrogen) atoms. The van der Waals surface area contributed by atoms with Crippen molar-refractivity contribution in [3.63, 3.8) is 0 Å². The third kappa shape index (κ3) is 3.79. The molecule has 0 spiro atoms. The van der Waals surface area contributed by atoms with Crippen molar-refractivity contribution in [1.82, 2.24) is 9.55 Å². The van der Waals surface area contributed by atoms with Crippen molar-refractivity contribution in [2.45, 2.75) is 31.2 Å². The number of aliphatic hydroxyl groups is 1. The van der Waals surface area contributed by atoms with Gasteiger partial charge in [0.25, 0.3) is 15.6 Å². The quantitative estimate of drug-likeness (QED) is 0.513. The summed E-state index contributed by atoms with van der Waals surface area (Å²) in [7, 11) is -3.99. The van der Waals surface area contributed by atoms with E-state index in [2.05, 4.69) is 20.0 Å². The Morgan fingerprint density at radius 3 is 2.77 bits per heavy atom. The molecule has 1 aliphatic heterocycles. The molecule has 0 fully saturated rings. The fourth-order valence-corrected chi connectivity index (χ4v) is 4.73. The molecule has 3 N–H and O–H groups in total. The number of anilines is 2. The Morgan fingerprint density at radius 1 is 1.19 bits per heavy atom. The highest BCUT2D eigenvalue weighted by molar-refractivity contribution is 7.90. The van der Waals surface area contributed by atoms with Gasteiger partial charge < -0.3 is 15.7 Å². The number of pyridine rings is 2. The molecule has 9 nitrogen and oxygen atoms in total. The second-order valence-corrected chi connectivity index (χ2v) is 8.69. The maximum atomic E-state index is 13.6. The molecule has 0 amide bonds. The topological polar surface area (TPSA) is 126 Å². The molecule has 3 aromatic rings. The van der Waals surface area contributed by atoms with E-state index in [0.717, 1.165) is 12.8 Å². The molecule has 162 valence electrons. The number of fused-ring (bicyclic) bond motifs is 2. The maximum Gasteiger partial charge on any atom is 0.286 e. The number of aliphatic hydroxyl groups excluding tert-OH is 1. The molecular formula is C21H23N5O4S. The molecular weight excluding hydrogens is 418 g/mol. The monoisotopic (exact) mass is 441 g/mol. The van der Waals surface area contributed by atoms with E-state index in [1.165, 1.54) is 6.07 Å². The molecule has 4 rings (SSSR count). The van der Waals surface area contributed by atoms with Crippen molar-refractivity contribution in [2.24, 2.45) is 4.40 Å². The zero-order chi connectivity index (χ0) is 22.0. The summed E-state index contributed by atoms with van der Waals surface area (Å²) in [5.74, 6) is -0.0554. The van der Waals surface area contributed by atoms with E-state index in [1.807, 2.05) is 6.92 Å². The van der Waals surface area contributed by atoms with Crippen LogP contribution in [-0.2, 0) is 16.6 Å². The van der Waals surface area contributed by atoms with Gasteiger partial charge in [-0.15, -0.1) is 4.40 Å². The first kappa shape index (κ1) is 21.0. The summed E-state index contributed by atoms with van der Waals surface area (Å²) in [6.07, 6.45) is 3.24. The van der Waals surface area contributed by atoms with Crippen molar-refractivity contribution in [1.29, 1.82) is 0 Å². The van der Waals surface area contributed by atoms with Crippen LogP contribution in [-0.4, -0.2) is 42.1 Å². The average molecular weight is 442 g/mol. The molecule has 0 saturated carbocycles. The fraction of sp³-hybridized carbons (Fsp3) is 0.286. The van der Waals surface area contributed by atoms with Crippen LogP contribution in [0, 0.1) is 0 Å². The first-order valence-corrected chi connectivity index (χ1v) is 11.5. The number of nitrogens with zero attached hydrogens (tertiary/aromatic N) is 3. The number of amidine groups is 1. The van der Waals surface area contributed by atoms with Gasteiger partial charge in [0.1, 0.15) is 16.1 Å². The van der Waals surface area contributed by atoms with Crippen molar-refractivity contribution in [3.05, 3.63) is 58.5 Å². The molecule has 0 aliphatic carbocycles. The third-order valence-corrected chi connectivity index (χ3v) is 6.37.